The van der Waals surface area contributed by atoms with E-state index in [0.717, 1.165) is 13.0 Å². The Bertz CT molecular complexity index is 619. The van der Waals surface area contributed by atoms with Crippen LogP contribution in [0.15, 0.2) is 36.5 Å². The standard InChI is InChI=1S/C19H24N2/c1-3-20-19(13-18-14(2)6-5-11-21-18)17-10-9-15-7-4-8-16(15)12-17/h5-6,9-12,19-20H,3-4,7-8,13H2,1-2H3. The minimum atomic E-state index is 0.356. The van der Waals surface area contributed by atoms with Crippen LogP contribution in [0.5, 0.6) is 0 Å². The molecule has 21 heavy (non-hydrogen) atoms. The number of nitrogens with one attached hydrogen (secondary N) is 1. The molecule has 1 aliphatic carbocycles. The van der Waals surface area contributed by atoms with E-state index in [4.69, 9.17) is 0 Å². The maximum Gasteiger partial charge on any atom is 0.0451 e. The average Bonchev–Trinajstić information content (AvgIpc) is 2.96. The third kappa shape index (κ3) is 3.16. The van der Waals surface area contributed by atoms with Crippen molar-refractivity contribution in [2.45, 2.75) is 45.6 Å². The fourth-order valence-corrected chi connectivity index (χ4v) is 3.29. The summed E-state index contributed by atoms with van der Waals surface area (Å²) in [6.07, 6.45) is 6.66. The summed E-state index contributed by atoms with van der Waals surface area (Å²) in [5, 5.41) is 3.63. The van der Waals surface area contributed by atoms with Crippen LogP contribution in [-0.2, 0) is 19.3 Å². The maximum atomic E-state index is 4.56. The van der Waals surface area contributed by atoms with E-state index < -0.39 is 0 Å². The molecule has 2 heteroatoms. The summed E-state index contributed by atoms with van der Waals surface area (Å²) in [5.41, 5.74) is 6.98. The van der Waals surface area contributed by atoms with Gasteiger partial charge in [-0.15, -0.1) is 0 Å². The summed E-state index contributed by atoms with van der Waals surface area (Å²) in [5.74, 6) is 0. The van der Waals surface area contributed by atoms with Crippen LogP contribution in [0.3, 0.4) is 0 Å². The highest BCUT2D eigenvalue weighted by molar-refractivity contribution is 5.37. The third-order valence-corrected chi connectivity index (χ3v) is 4.49. The van der Waals surface area contributed by atoms with Gasteiger partial charge in [-0.05, 0) is 61.1 Å². The molecule has 0 spiro atoms. The van der Waals surface area contributed by atoms with Crippen molar-refractivity contribution < 1.29 is 0 Å². The van der Waals surface area contributed by atoms with E-state index in [0.29, 0.717) is 6.04 Å². The van der Waals surface area contributed by atoms with Gasteiger partial charge in [0.05, 0.1) is 0 Å². The second-order valence-electron chi connectivity index (χ2n) is 5.96. The van der Waals surface area contributed by atoms with Gasteiger partial charge in [0.15, 0.2) is 0 Å². The smallest absolute Gasteiger partial charge is 0.0451 e. The second-order valence-corrected chi connectivity index (χ2v) is 5.96. The molecule has 1 unspecified atom stereocenters. The molecule has 0 amide bonds. The molecule has 1 aliphatic rings. The summed E-state index contributed by atoms with van der Waals surface area (Å²) in [7, 11) is 0. The lowest BCUT2D eigenvalue weighted by Gasteiger charge is -2.20. The fourth-order valence-electron chi connectivity index (χ4n) is 3.29. The molecular weight excluding hydrogens is 256 g/mol. The first-order chi connectivity index (χ1) is 10.3. The monoisotopic (exact) mass is 280 g/mol. The highest BCUT2D eigenvalue weighted by atomic mass is 14.9. The van der Waals surface area contributed by atoms with Crippen molar-refractivity contribution in [1.29, 1.82) is 0 Å². The lowest BCUT2D eigenvalue weighted by Crippen LogP contribution is -2.23. The Morgan fingerprint density at radius 3 is 2.86 bits per heavy atom. The van der Waals surface area contributed by atoms with E-state index in [9.17, 15) is 0 Å². The van der Waals surface area contributed by atoms with Gasteiger partial charge in [0, 0.05) is 24.4 Å². The number of likely N-dealkylation sites (N-methyl/N-ethyl adjacent to an activating group) is 1. The molecule has 2 nitrogen and oxygen atoms in total. The largest absolute Gasteiger partial charge is 0.310 e. The molecule has 1 aromatic heterocycles. The molecule has 0 aliphatic heterocycles. The fraction of sp³-hybridized carbons (Fsp3) is 0.421. The molecule has 1 aromatic carbocycles. The van der Waals surface area contributed by atoms with Crippen molar-refractivity contribution in [3.63, 3.8) is 0 Å². The quantitative estimate of drug-likeness (QED) is 0.901. The first-order valence-corrected chi connectivity index (χ1v) is 8.03. The van der Waals surface area contributed by atoms with Crippen molar-refractivity contribution in [3.05, 3.63) is 64.5 Å². The maximum absolute atomic E-state index is 4.56. The predicted molar refractivity (Wildman–Crippen MR) is 87.6 cm³/mol. The third-order valence-electron chi connectivity index (χ3n) is 4.49. The number of aryl methyl sites for hydroxylation is 3. The molecule has 2 aromatic rings. The van der Waals surface area contributed by atoms with Crippen molar-refractivity contribution in [3.8, 4) is 0 Å². The number of nitrogens with zero attached hydrogens (tertiary/aromatic N) is 1. The number of fused-ring (bicyclic) bond motifs is 1. The predicted octanol–water partition coefficient (Wildman–Crippen LogP) is 3.77. The van der Waals surface area contributed by atoms with Gasteiger partial charge in [-0.1, -0.05) is 31.2 Å². The van der Waals surface area contributed by atoms with Crippen LogP contribution in [0.1, 0.15) is 47.3 Å². The Labute approximate surface area is 127 Å². The Morgan fingerprint density at radius 2 is 2.05 bits per heavy atom. The average molecular weight is 280 g/mol. The normalized spacial score (nSPS) is 15.0. The van der Waals surface area contributed by atoms with Crippen molar-refractivity contribution in [1.82, 2.24) is 10.3 Å². The molecule has 0 fully saturated rings. The van der Waals surface area contributed by atoms with Gasteiger partial charge < -0.3 is 5.32 Å². The number of hydrogen-bond donors (Lipinski definition) is 1. The summed E-state index contributed by atoms with van der Waals surface area (Å²) in [6.45, 7) is 5.30. The topological polar surface area (TPSA) is 24.9 Å². The zero-order valence-corrected chi connectivity index (χ0v) is 13.0. The first-order valence-electron chi connectivity index (χ1n) is 8.03. The van der Waals surface area contributed by atoms with Gasteiger partial charge in [-0.25, -0.2) is 0 Å². The van der Waals surface area contributed by atoms with E-state index in [1.165, 1.54) is 36.1 Å². The minimum absolute atomic E-state index is 0.356. The molecule has 1 heterocycles. The molecular formula is C19H24N2. The van der Waals surface area contributed by atoms with E-state index in [1.54, 1.807) is 11.1 Å². The van der Waals surface area contributed by atoms with Crippen LogP contribution in [0, 0.1) is 6.92 Å². The summed E-state index contributed by atoms with van der Waals surface area (Å²) in [6, 6.07) is 11.6. The number of pyridine rings is 1. The van der Waals surface area contributed by atoms with Crippen LogP contribution >= 0.6 is 0 Å². The van der Waals surface area contributed by atoms with Crippen LogP contribution in [-0.4, -0.2) is 11.5 Å². The molecule has 1 N–H and O–H groups in total. The lowest BCUT2D eigenvalue weighted by molar-refractivity contribution is 0.542. The zero-order chi connectivity index (χ0) is 14.7. The van der Waals surface area contributed by atoms with Gasteiger partial charge >= 0.3 is 0 Å². The lowest BCUT2D eigenvalue weighted by atomic mass is 9.96. The van der Waals surface area contributed by atoms with Crippen molar-refractivity contribution in [2.75, 3.05) is 6.54 Å². The van der Waals surface area contributed by atoms with E-state index in [2.05, 4.69) is 48.4 Å². The number of benzene rings is 1. The van der Waals surface area contributed by atoms with E-state index in [-0.39, 0.29) is 0 Å². The van der Waals surface area contributed by atoms with Crippen LogP contribution in [0.2, 0.25) is 0 Å². The molecule has 0 saturated heterocycles. The Morgan fingerprint density at radius 1 is 1.19 bits per heavy atom. The van der Waals surface area contributed by atoms with Crippen LogP contribution in [0.4, 0.5) is 0 Å². The second kappa shape index (κ2) is 6.40. The minimum Gasteiger partial charge on any atom is -0.310 e. The summed E-state index contributed by atoms with van der Waals surface area (Å²) < 4.78 is 0. The van der Waals surface area contributed by atoms with E-state index >= 15 is 0 Å². The van der Waals surface area contributed by atoms with Gasteiger partial charge in [-0.3, -0.25) is 4.98 Å². The molecule has 0 bridgehead atoms. The van der Waals surface area contributed by atoms with Gasteiger partial charge in [0.1, 0.15) is 0 Å². The highest BCUT2D eigenvalue weighted by Crippen LogP contribution is 2.27. The first kappa shape index (κ1) is 14.3. The Balaban J connectivity index is 1.86. The SMILES string of the molecule is CCNC(Cc1ncccc1C)c1ccc2c(c1)CCC2. The number of hydrogen-bond acceptors (Lipinski definition) is 2. The van der Waals surface area contributed by atoms with Crippen molar-refractivity contribution >= 4 is 0 Å². The highest BCUT2D eigenvalue weighted by Gasteiger charge is 2.17. The van der Waals surface area contributed by atoms with Gasteiger partial charge in [-0.2, -0.15) is 0 Å². The summed E-state index contributed by atoms with van der Waals surface area (Å²) in [4.78, 5) is 4.56. The van der Waals surface area contributed by atoms with E-state index in [1.807, 2.05) is 12.3 Å². The zero-order valence-electron chi connectivity index (χ0n) is 13.0. The van der Waals surface area contributed by atoms with Gasteiger partial charge in [0.25, 0.3) is 0 Å². The molecule has 110 valence electrons. The molecule has 1 atom stereocenters. The molecule has 0 saturated carbocycles. The molecule has 3 rings (SSSR count). The number of rotatable bonds is 5. The van der Waals surface area contributed by atoms with Crippen molar-refractivity contribution in [2.24, 2.45) is 0 Å². The Kier molecular flexibility index (Phi) is 4.35. The summed E-state index contributed by atoms with van der Waals surface area (Å²) >= 11 is 0. The van der Waals surface area contributed by atoms with Gasteiger partial charge in [0.2, 0.25) is 0 Å². The molecule has 0 radical (unpaired) electrons. The number of aromatic nitrogens is 1. The van der Waals surface area contributed by atoms with Crippen LogP contribution in [0.25, 0.3) is 0 Å². The van der Waals surface area contributed by atoms with Crippen LogP contribution < -0.4 is 5.32 Å². The Hall–Kier alpha value is -1.67.